The molecule has 0 bridgehead atoms. The minimum atomic E-state index is -0.420. The van der Waals surface area contributed by atoms with Crippen molar-refractivity contribution in [3.05, 3.63) is 66.0 Å². The third-order valence-corrected chi connectivity index (χ3v) is 9.98. The van der Waals surface area contributed by atoms with Crippen LogP contribution in [-0.4, -0.2) is 61.8 Å². The first-order chi connectivity index (χ1) is 22.7. The molecule has 2 aromatic carbocycles. The van der Waals surface area contributed by atoms with Crippen LogP contribution in [0.1, 0.15) is 88.3 Å². The van der Waals surface area contributed by atoms with Gasteiger partial charge >= 0.3 is 6.09 Å². The lowest BCUT2D eigenvalue weighted by Crippen LogP contribution is -2.44. The van der Waals surface area contributed by atoms with Crippen molar-refractivity contribution in [2.75, 3.05) is 38.9 Å². The lowest BCUT2D eigenvalue weighted by Gasteiger charge is -2.36. The van der Waals surface area contributed by atoms with E-state index in [1.54, 1.807) is 14.2 Å². The van der Waals surface area contributed by atoms with Gasteiger partial charge in [-0.2, -0.15) is 5.10 Å². The summed E-state index contributed by atoms with van der Waals surface area (Å²) in [5.74, 6) is 2.01. The van der Waals surface area contributed by atoms with Crippen LogP contribution in [-0.2, 0) is 14.3 Å². The molecule has 0 unspecified atom stereocenters. The highest BCUT2D eigenvalue weighted by atomic mass is 16.6. The average Bonchev–Trinajstić information content (AvgIpc) is 3.59. The van der Waals surface area contributed by atoms with E-state index in [9.17, 15) is 9.59 Å². The fourth-order valence-corrected chi connectivity index (χ4v) is 7.17. The number of rotatable bonds is 12. The molecule has 254 valence electrons. The largest absolute Gasteiger partial charge is 0.496 e. The molecule has 1 heterocycles. The Hall–Kier alpha value is -3.85. The molecule has 2 aliphatic carbocycles. The fourth-order valence-electron chi connectivity index (χ4n) is 7.17. The number of anilines is 1. The van der Waals surface area contributed by atoms with Crippen molar-refractivity contribution < 1.29 is 23.8 Å². The van der Waals surface area contributed by atoms with Crippen LogP contribution in [0, 0.1) is 18.8 Å². The highest BCUT2D eigenvalue weighted by Crippen LogP contribution is 2.39. The molecule has 0 atom stereocenters. The number of amides is 2. The first-order valence-electron chi connectivity index (χ1n) is 17.3. The third kappa shape index (κ3) is 8.95. The number of methoxy groups -OCH3 is 2. The van der Waals surface area contributed by atoms with Gasteiger partial charge in [-0.15, -0.1) is 0 Å². The molecule has 1 aromatic heterocycles. The summed E-state index contributed by atoms with van der Waals surface area (Å²) in [5, 5.41) is 7.52. The van der Waals surface area contributed by atoms with Gasteiger partial charge in [-0.05, 0) is 119 Å². The number of ether oxygens (including phenoxy) is 3. The highest BCUT2D eigenvalue weighted by Gasteiger charge is 2.33. The number of nitrogens with one attached hydrogen (secondary N) is 1. The summed E-state index contributed by atoms with van der Waals surface area (Å²) in [5.41, 5.74) is 5.62. The van der Waals surface area contributed by atoms with Crippen LogP contribution in [0.5, 0.6) is 5.75 Å². The quantitative estimate of drug-likeness (QED) is 0.203. The molecule has 2 aliphatic rings. The summed E-state index contributed by atoms with van der Waals surface area (Å²) in [6.07, 6.45) is 10.9. The molecule has 0 spiro atoms. The van der Waals surface area contributed by atoms with E-state index in [-0.39, 0.29) is 30.5 Å². The molecule has 0 aliphatic heterocycles. The average molecular weight is 645 g/mol. The van der Waals surface area contributed by atoms with Gasteiger partial charge < -0.3 is 24.4 Å². The molecule has 47 heavy (non-hydrogen) atoms. The summed E-state index contributed by atoms with van der Waals surface area (Å²) in [6, 6.07) is 15.2. The Morgan fingerprint density at radius 2 is 1.72 bits per heavy atom. The zero-order chi connectivity index (χ0) is 33.3. The number of alkyl carbamates (subject to hydrolysis) is 1. The molecule has 2 saturated carbocycles. The topological polar surface area (TPSA) is 94.9 Å². The summed E-state index contributed by atoms with van der Waals surface area (Å²) < 4.78 is 17.6. The van der Waals surface area contributed by atoms with Gasteiger partial charge in [0.2, 0.25) is 5.91 Å². The lowest BCUT2D eigenvalue weighted by molar-refractivity contribution is -0.123. The minimum Gasteiger partial charge on any atom is -0.496 e. The van der Waals surface area contributed by atoms with Crippen LogP contribution in [0.25, 0.3) is 11.1 Å². The Morgan fingerprint density at radius 3 is 2.38 bits per heavy atom. The van der Waals surface area contributed by atoms with Crippen LogP contribution < -0.4 is 15.0 Å². The van der Waals surface area contributed by atoms with E-state index in [0.717, 1.165) is 73.9 Å². The number of nitrogens with zero attached hydrogens (tertiary/aromatic N) is 3. The van der Waals surface area contributed by atoms with E-state index in [1.165, 1.54) is 11.1 Å². The molecule has 9 heteroatoms. The molecule has 0 saturated heterocycles. The van der Waals surface area contributed by atoms with Gasteiger partial charge in [-0.3, -0.25) is 9.48 Å². The normalized spacial score (nSPS) is 21.3. The number of hydrogen-bond donors (Lipinski definition) is 1. The molecule has 2 amide bonds. The summed E-state index contributed by atoms with van der Waals surface area (Å²) >= 11 is 0. The van der Waals surface area contributed by atoms with Crippen LogP contribution in [0.3, 0.4) is 0 Å². The third-order valence-electron chi connectivity index (χ3n) is 9.98. The number of hydrogen-bond acceptors (Lipinski definition) is 6. The van der Waals surface area contributed by atoms with E-state index in [4.69, 9.17) is 14.2 Å². The van der Waals surface area contributed by atoms with Crippen molar-refractivity contribution >= 4 is 17.7 Å². The Bertz CT molecular complexity index is 1470. The fraction of sp³-hybridized carbons (Fsp3) is 0.553. The Balaban J connectivity index is 1.28. The maximum Gasteiger partial charge on any atom is 0.407 e. The van der Waals surface area contributed by atoms with Crippen molar-refractivity contribution in [2.45, 2.75) is 90.1 Å². The Labute approximate surface area is 280 Å². The van der Waals surface area contributed by atoms with Gasteiger partial charge in [0.05, 0.1) is 19.9 Å². The zero-order valence-corrected chi connectivity index (χ0v) is 28.7. The first-order valence-corrected chi connectivity index (χ1v) is 17.3. The Kier molecular flexibility index (Phi) is 12.0. The lowest BCUT2D eigenvalue weighted by atomic mass is 9.78. The van der Waals surface area contributed by atoms with Gasteiger partial charge in [-0.1, -0.05) is 24.3 Å². The van der Waals surface area contributed by atoms with E-state index in [0.29, 0.717) is 25.0 Å². The molecule has 0 radical (unpaired) electrons. The van der Waals surface area contributed by atoms with Gasteiger partial charge in [0, 0.05) is 49.1 Å². The smallest absolute Gasteiger partial charge is 0.407 e. The van der Waals surface area contributed by atoms with E-state index < -0.39 is 6.09 Å². The second kappa shape index (κ2) is 16.3. The molecular formula is C38H52N4O5. The summed E-state index contributed by atoms with van der Waals surface area (Å²) in [6.45, 7) is 7.65. The van der Waals surface area contributed by atoms with Crippen molar-refractivity contribution in [1.29, 1.82) is 0 Å². The van der Waals surface area contributed by atoms with Crippen molar-refractivity contribution in [1.82, 2.24) is 15.1 Å². The zero-order valence-electron chi connectivity index (χ0n) is 28.7. The van der Waals surface area contributed by atoms with Crippen molar-refractivity contribution in [2.24, 2.45) is 11.8 Å². The number of aryl methyl sites for hydroxylation is 1. The predicted molar refractivity (Wildman–Crippen MR) is 185 cm³/mol. The van der Waals surface area contributed by atoms with E-state index in [2.05, 4.69) is 84.7 Å². The van der Waals surface area contributed by atoms with Crippen LogP contribution >= 0.6 is 0 Å². The first kappa shape index (κ1) is 34.5. The summed E-state index contributed by atoms with van der Waals surface area (Å²) in [4.78, 5) is 28.6. The molecule has 5 rings (SSSR count). The second-order valence-electron chi connectivity index (χ2n) is 13.6. The number of benzene rings is 2. The number of carbonyl (C=O) groups excluding carboxylic acids is 2. The van der Waals surface area contributed by atoms with E-state index in [1.807, 2.05) is 10.9 Å². The molecule has 9 nitrogen and oxygen atoms in total. The van der Waals surface area contributed by atoms with Crippen LogP contribution in [0.2, 0.25) is 0 Å². The van der Waals surface area contributed by atoms with Gasteiger partial charge in [0.25, 0.3) is 0 Å². The van der Waals surface area contributed by atoms with Gasteiger partial charge in [-0.25, -0.2) is 4.79 Å². The van der Waals surface area contributed by atoms with Crippen molar-refractivity contribution in [3.63, 3.8) is 0 Å². The van der Waals surface area contributed by atoms with E-state index >= 15 is 0 Å². The molecule has 2 fully saturated rings. The maximum atomic E-state index is 14.4. The standard InChI is InChI=1S/C38H52N4O5/c1-26(2)42-25-33(23-39-42)31-7-6-8-35(22-31)41(37(43)30-13-16-34(17-14-30)40-38(44)47-20-19-45-4)24-28-9-11-29(12-10-28)32-15-18-36(46-5)27(3)21-32/h6-8,15,18,21-23,25-26,28-30,34H,9-14,16-17,19-20,24H2,1-5H3,(H,40,44). The Morgan fingerprint density at radius 1 is 0.957 bits per heavy atom. The monoisotopic (exact) mass is 644 g/mol. The second-order valence-corrected chi connectivity index (χ2v) is 13.6. The number of aromatic nitrogens is 2. The maximum absolute atomic E-state index is 14.4. The molecule has 3 aromatic rings. The van der Waals surface area contributed by atoms with Crippen LogP contribution in [0.4, 0.5) is 10.5 Å². The summed E-state index contributed by atoms with van der Waals surface area (Å²) in [7, 11) is 3.30. The van der Waals surface area contributed by atoms with Gasteiger partial charge in [0.1, 0.15) is 12.4 Å². The minimum absolute atomic E-state index is 0.0141. The predicted octanol–water partition coefficient (Wildman–Crippen LogP) is 7.69. The van der Waals surface area contributed by atoms with Gasteiger partial charge in [0.15, 0.2) is 0 Å². The number of carbonyl (C=O) groups is 2. The highest BCUT2D eigenvalue weighted by molar-refractivity contribution is 5.95. The van der Waals surface area contributed by atoms with Crippen LogP contribution in [0.15, 0.2) is 54.9 Å². The SMILES string of the molecule is COCCOC(=O)NC1CCC(C(=O)N(CC2CCC(c3ccc(OC)c(C)c3)CC2)c2cccc(-c3cnn(C(C)C)c3)c2)CC1. The van der Waals surface area contributed by atoms with Crippen molar-refractivity contribution in [3.8, 4) is 16.9 Å². The molecular weight excluding hydrogens is 592 g/mol. The molecule has 1 N–H and O–H groups in total.